The molecule has 2 aliphatic heterocycles. The Labute approximate surface area is 669 Å². The second-order valence-corrected chi connectivity index (χ2v) is 38.6. The molecule has 1 aliphatic carbocycles. The molecular formula is C97H146N4O2S4. The van der Waals surface area contributed by atoms with E-state index in [0.717, 1.165) is 85.4 Å². The predicted octanol–water partition coefficient (Wildman–Crippen LogP) is 30.3. The van der Waals surface area contributed by atoms with Gasteiger partial charge in [0.2, 0.25) is 0 Å². The highest BCUT2D eigenvalue weighted by Crippen LogP contribution is 2.58. The van der Waals surface area contributed by atoms with Gasteiger partial charge in [0.05, 0.1) is 32.3 Å². The molecular weight excluding hydrogens is 1380 g/mol. The lowest BCUT2D eigenvalue weighted by Gasteiger charge is -2.34. The summed E-state index contributed by atoms with van der Waals surface area (Å²) in [6.07, 6.45) is 53.0. The molecule has 0 saturated heterocycles. The molecule has 2 amide bonds. The Morgan fingerprint density at radius 3 is 1.17 bits per heavy atom. The van der Waals surface area contributed by atoms with Crippen molar-refractivity contribution >= 4 is 68.6 Å². The quantitative estimate of drug-likeness (QED) is 0.0372. The van der Waals surface area contributed by atoms with Gasteiger partial charge < -0.3 is 21.3 Å². The first-order valence-electron chi connectivity index (χ1n) is 44.4. The van der Waals surface area contributed by atoms with E-state index in [1.165, 1.54) is 292 Å². The topological polar surface area (TPSA) is 92.7 Å². The van der Waals surface area contributed by atoms with Gasteiger partial charge in [-0.15, -0.1) is 45.3 Å². The Hall–Kier alpha value is -4.42. The van der Waals surface area contributed by atoms with Crippen molar-refractivity contribution in [3.8, 4) is 41.1 Å². The Bertz CT molecular complexity index is 3740. The van der Waals surface area contributed by atoms with E-state index in [9.17, 15) is 0 Å². The number of benzene rings is 2. The molecule has 0 saturated carbocycles. The first-order chi connectivity index (χ1) is 51.9. The van der Waals surface area contributed by atoms with E-state index in [4.69, 9.17) is 11.5 Å². The molecule has 590 valence electrons. The number of fused-ring (bicyclic) bond motifs is 4. The van der Waals surface area contributed by atoms with Gasteiger partial charge in [0.1, 0.15) is 0 Å². The highest BCUT2D eigenvalue weighted by atomic mass is 32.1. The lowest BCUT2D eigenvalue weighted by molar-refractivity contribution is -0.124. The lowest BCUT2D eigenvalue weighted by Crippen LogP contribution is -2.34. The van der Waals surface area contributed by atoms with Crippen LogP contribution >= 0.6 is 45.3 Å². The van der Waals surface area contributed by atoms with Gasteiger partial charge in [-0.3, -0.25) is 9.59 Å². The SMILES string of the molecule is CCCCCCCCC(CCCCCC)CN1C(=O)C2=C(c3ccc(-c4cc(CCCCCC)c(C(C)(C)N)s4)s3)N(CC(CCCCCC)CCCCCCCC)C(=O)C2=C1c1ccc(-c2cc(CCCCCC)c(-c3ccc4c(c3)C(CCCCCC)(CCCCCC)c3cc(C(C)(C)N)ccc3-4)s2)s1. The van der Waals surface area contributed by atoms with Gasteiger partial charge in [0.15, 0.2) is 0 Å². The number of unbranched alkanes of at least 4 members (excludes halogenated alkanes) is 28. The van der Waals surface area contributed by atoms with Crippen molar-refractivity contribution in [2.45, 2.75) is 382 Å². The number of rotatable bonds is 55. The van der Waals surface area contributed by atoms with Crippen molar-refractivity contribution in [2.75, 3.05) is 13.1 Å². The van der Waals surface area contributed by atoms with Gasteiger partial charge in [0.25, 0.3) is 11.8 Å². The maximum Gasteiger partial charge on any atom is 0.261 e. The van der Waals surface area contributed by atoms with Crippen LogP contribution in [0.4, 0.5) is 0 Å². The molecule has 107 heavy (non-hydrogen) atoms. The zero-order valence-corrected chi connectivity index (χ0v) is 72.9. The third kappa shape index (κ3) is 22.9. The Kier molecular flexibility index (Phi) is 35.2. The minimum Gasteiger partial charge on any atom is -0.322 e. The number of carbonyl (C=O) groups is 2. The second kappa shape index (κ2) is 43.6. The number of hydrogen-bond acceptors (Lipinski definition) is 8. The average Bonchev–Trinajstić information content (AvgIpc) is 1.56. The van der Waals surface area contributed by atoms with E-state index in [2.05, 4.69) is 166 Å². The van der Waals surface area contributed by atoms with E-state index in [1.807, 2.05) is 34.0 Å². The number of nitrogens with zero attached hydrogens (tertiary/aromatic N) is 2. The summed E-state index contributed by atoms with van der Waals surface area (Å²) < 4.78 is 0. The molecule has 9 rings (SSSR count). The molecule has 0 fully saturated rings. The van der Waals surface area contributed by atoms with Gasteiger partial charge in [-0.05, 0) is 191 Å². The van der Waals surface area contributed by atoms with Crippen molar-refractivity contribution < 1.29 is 9.59 Å². The molecule has 4 aromatic heterocycles. The Morgan fingerprint density at radius 2 is 0.729 bits per heavy atom. The largest absolute Gasteiger partial charge is 0.322 e. The lowest BCUT2D eigenvalue weighted by atomic mass is 9.69. The van der Waals surface area contributed by atoms with Crippen molar-refractivity contribution in [3.05, 3.63) is 126 Å². The number of thiophene rings is 4. The Balaban J connectivity index is 1.21. The van der Waals surface area contributed by atoms with Crippen LogP contribution in [0.3, 0.4) is 0 Å². The van der Waals surface area contributed by atoms with Crippen LogP contribution in [-0.2, 0) is 38.9 Å². The van der Waals surface area contributed by atoms with Crippen LogP contribution in [0.25, 0.3) is 52.5 Å². The maximum atomic E-state index is 16.7. The summed E-state index contributed by atoms with van der Waals surface area (Å²) in [5.74, 6) is 0.723. The zero-order valence-electron chi connectivity index (χ0n) is 69.6. The minimum atomic E-state index is -0.467. The number of carbonyl (C=O) groups excluding carboxylic acids is 2. The molecule has 10 heteroatoms. The summed E-state index contributed by atoms with van der Waals surface area (Å²) in [5.41, 5.74) is 27.3. The fraction of sp³-hybridized carbons (Fsp3) is 0.649. The molecule has 2 unspecified atom stereocenters. The van der Waals surface area contributed by atoms with Crippen LogP contribution in [0.1, 0.15) is 395 Å². The van der Waals surface area contributed by atoms with Gasteiger partial charge in [-0.25, -0.2) is 0 Å². The van der Waals surface area contributed by atoms with Crippen molar-refractivity contribution in [2.24, 2.45) is 23.3 Å². The first kappa shape index (κ1) is 86.6. The van der Waals surface area contributed by atoms with E-state index in [1.54, 1.807) is 11.3 Å². The molecule has 6 aromatic rings. The molecule has 3 aliphatic rings. The molecule has 0 bridgehead atoms. The number of hydrogen-bond donors (Lipinski definition) is 2. The van der Waals surface area contributed by atoms with Crippen LogP contribution in [0.2, 0.25) is 0 Å². The van der Waals surface area contributed by atoms with Crippen molar-refractivity contribution in [3.63, 3.8) is 0 Å². The molecule has 6 nitrogen and oxygen atoms in total. The predicted molar refractivity (Wildman–Crippen MR) is 472 cm³/mol. The molecule has 6 heterocycles. The van der Waals surface area contributed by atoms with Gasteiger partial charge >= 0.3 is 0 Å². The van der Waals surface area contributed by atoms with Gasteiger partial charge in [0, 0.05) is 58.8 Å². The molecule has 2 aromatic carbocycles. The van der Waals surface area contributed by atoms with Crippen LogP contribution < -0.4 is 11.5 Å². The van der Waals surface area contributed by atoms with Crippen molar-refractivity contribution in [1.82, 2.24) is 9.80 Å². The summed E-state index contributed by atoms with van der Waals surface area (Å²) in [4.78, 5) is 47.4. The first-order valence-corrected chi connectivity index (χ1v) is 47.6. The number of aryl methyl sites for hydroxylation is 2. The summed E-state index contributed by atoms with van der Waals surface area (Å²) in [6, 6.07) is 29.1. The van der Waals surface area contributed by atoms with Crippen molar-refractivity contribution in [1.29, 1.82) is 0 Å². The molecule has 0 spiro atoms. The summed E-state index contributed by atoms with van der Waals surface area (Å²) in [5, 5.41) is 0. The van der Waals surface area contributed by atoms with Crippen LogP contribution in [-0.4, -0.2) is 34.7 Å². The van der Waals surface area contributed by atoms with E-state index < -0.39 is 11.1 Å². The standard InChI is InChI=1S/C97H146N4O2S4/c1-13-21-29-37-39-43-51-71(49-41-31-23-15-3)69-100-89(87-88(94(100)103)90(101(93(87)102)70-72(50-42-32-24-16-4)52-44-40-38-30-22-14-2)84-62-60-82(105-84)86-67-75(54-46-34-26-18-6)92(107-86)96(11,12)99)83-61-59-81(104-83)85-66-73(53-45-33-25-17-5)91(106-85)74-55-57-77-78-58-56-76(95(9,10)98)68-80(78)97(79(77)65-74,63-47-35-27-19-7)64-48-36-28-20-8/h55-62,65-68,71-72H,13-54,63-64,69-70,98-99H2,1-12H3. The zero-order chi connectivity index (χ0) is 76.4. The van der Waals surface area contributed by atoms with E-state index in [0.29, 0.717) is 36.1 Å². The van der Waals surface area contributed by atoms with Crippen LogP contribution in [0.5, 0.6) is 0 Å². The van der Waals surface area contributed by atoms with Gasteiger partial charge in [-0.1, -0.05) is 304 Å². The maximum absolute atomic E-state index is 16.7. The van der Waals surface area contributed by atoms with E-state index >= 15 is 9.59 Å². The van der Waals surface area contributed by atoms with Crippen LogP contribution in [0.15, 0.2) is 83.9 Å². The van der Waals surface area contributed by atoms with E-state index in [-0.39, 0.29) is 17.2 Å². The molecule has 0 radical (unpaired) electrons. The average molecular weight is 1530 g/mol. The Morgan fingerprint density at radius 1 is 0.364 bits per heavy atom. The summed E-state index contributed by atoms with van der Waals surface area (Å²) in [6.45, 7) is 28.5. The molecule has 2 atom stereocenters. The third-order valence-corrected chi connectivity index (χ3v) is 29.5. The summed E-state index contributed by atoms with van der Waals surface area (Å²) in [7, 11) is 0. The number of nitrogens with two attached hydrogens (primary N) is 2. The highest BCUT2D eigenvalue weighted by Gasteiger charge is 2.51. The summed E-state index contributed by atoms with van der Waals surface area (Å²) >= 11 is 7.42. The minimum absolute atomic E-state index is 0.0293. The fourth-order valence-electron chi connectivity index (χ4n) is 17.9. The number of amides is 2. The normalized spacial score (nSPS) is 15.0. The smallest absolute Gasteiger partial charge is 0.261 e. The third-order valence-electron chi connectivity index (χ3n) is 24.2. The second-order valence-electron chi connectivity index (χ2n) is 34.4. The molecule has 4 N–H and O–H groups in total. The fourth-order valence-corrected chi connectivity index (χ4v) is 22.6. The monoisotopic (exact) mass is 1530 g/mol. The highest BCUT2D eigenvalue weighted by molar-refractivity contribution is 7.24. The van der Waals surface area contributed by atoms with Gasteiger partial charge in [-0.2, -0.15) is 0 Å². The van der Waals surface area contributed by atoms with Crippen LogP contribution in [0, 0.1) is 11.8 Å².